The fourth-order valence-corrected chi connectivity index (χ4v) is 5.11. The van der Waals surface area contributed by atoms with Crippen molar-refractivity contribution in [2.45, 2.75) is 42.7 Å². The lowest BCUT2D eigenvalue weighted by Gasteiger charge is -2.22. The van der Waals surface area contributed by atoms with Crippen molar-refractivity contribution in [3.8, 4) is 17.2 Å². The molecule has 1 saturated heterocycles. The lowest BCUT2D eigenvalue weighted by molar-refractivity contribution is 0.0694. The highest BCUT2D eigenvalue weighted by Gasteiger charge is 2.27. The van der Waals surface area contributed by atoms with Crippen LogP contribution < -0.4 is 10.2 Å². The van der Waals surface area contributed by atoms with Crippen LogP contribution >= 0.6 is 11.9 Å². The van der Waals surface area contributed by atoms with Crippen LogP contribution in [0.4, 0.5) is 4.39 Å². The summed E-state index contributed by atoms with van der Waals surface area (Å²) in [7, 11) is 0. The van der Waals surface area contributed by atoms with Crippen molar-refractivity contribution in [3.05, 3.63) is 63.7 Å². The quantitative estimate of drug-likeness (QED) is 0.502. The Morgan fingerprint density at radius 2 is 1.97 bits per heavy atom. The number of ether oxygens (including phenoxy) is 1. The first-order valence-electron chi connectivity index (χ1n) is 11.1. The fourth-order valence-electron chi connectivity index (χ4n) is 4.23. The monoisotopic (exact) mass is 479 g/mol. The number of carbonyl (C=O) groups is 1. The number of pyridine rings is 1. The molecular formula is C25H22FN3O4S. The van der Waals surface area contributed by atoms with E-state index in [4.69, 9.17) is 4.74 Å². The van der Waals surface area contributed by atoms with Gasteiger partial charge in [-0.3, -0.25) is 9.52 Å². The maximum absolute atomic E-state index is 15.2. The number of carboxylic acid groups (broad SMARTS) is 1. The summed E-state index contributed by atoms with van der Waals surface area (Å²) >= 11 is 1.39. The zero-order valence-corrected chi connectivity index (χ0v) is 19.0. The van der Waals surface area contributed by atoms with Crippen LogP contribution in [0.5, 0.6) is 0 Å². The molecular weight excluding hydrogens is 457 g/mol. The summed E-state index contributed by atoms with van der Waals surface area (Å²) in [4.78, 5) is 25.0. The van der Waals surface area contributed by atoms with Crippen LogP contribution in [-0.4, -0.2) is 34.9 Å². The van der Waals surface area contributed by atoms with Gasteiger partial charge in [0.1, 0.15) is 17.4 Å². The Morgan fingerprint density at radius 1 is 1.21 bits per heavy atom. The van der Waals surface area contributed by atoms with Gasteiger partial charge in [0.25, 0.3) is 0 Å². The molecule has 34 heavy (non-hydrogen) atoms. The summed E-state index contributed by atoms with van der Waals surface area (Å²) in [5, 5.41) is 19.2. The Balaban J connectivity index is 1.53. The minimum absolute atomic E-state index is 0.0430. The van der Waals surface area contributed by atoms with Gasteiger partial charge in [-0.25, -0.2) is 9.18 Å². The van der Waals surface area contributed by atoms with Gasteiger partial charge in [-0.05, 0) is 67.5 Å². The molecule has 0 atom stereocenters. The molecule has 0 radical (unpaired) electrons. The number of hydrogen-bond acceptors (Lipinski definition) is 6. The number of rotatable bonds is 6. The molecule has 2 aromatic carbocycles. The van der Waals surface area contributed by atoms with Crippen LogP contribution in [0.3, 0.4) is 0 Å². The summed E-state index contributed by atoms with van der Waals surface area (Å²) in [5.41, 5.74) is 0.623. The normalized spacial score (nSPS) is 16.5. The molecule has 0 amide bonds. The molecule has 0 unspecified atom stereocenters. The highest BCUT2D eigenvalue weighted by Crippen LogP contribution is 2.38. The Morgan fingerprint density at radius 3 is 2.65 bits per heavy atom. The zero-order chi connectivity index (χ0) is 23.8. The molecule has 0 bridgehead atoms. The van der Waals surface area contributed by atoms with Crippen molar-refractivity contribution in [2.75, 3.05) is 13.2 Å². The summed E-state index contributed by atoms with van der Waals surface area (Å²) < 4.78 is 25.7. The summed E-state index contributed by atoms with van der Waals surface area (Å²) in [6.45, 7) is 1.42. The predicted octanol–water partition coefficient (Wildman–Crippen LogP) is 4.49. The maximum Gasteiger partial charge on any atom is 0.341 e. The van der Waals surface area contributed by atoms with E-state index in [0.29, 0.717) is 35.9 Å². The lowest BCUT2D eigenvalue weighted by atomic mass is 10.00. The lowest BCUT2D eigenvalue weighted by Crippen LogP contribution is -2.30. The van der Waals surface area contributed by atoms with E-state index in [1.165, 1.54) is 18.1 Å². The van der Waals surface area contributed by atoms with E-state index in [1.54, 1.807) is 28.8 Å². The number of nitriles is 1. The SMILES string of the molecule is N#Cc1cc(-c2cc3c(cc2F)c(=O)c(C(=O)O)cn3C2CC2)ccc1SNC1CCOCC1. The standard InChI is InChI=1S/C25H22FN3O4S/c26-21-10-19-22(29(17-2-3-17)13-20(24(19)30)25(31)32)11-18(21)14-1-4-23(15(9-14)12-27)34-28-16-5-7-33-8-6-16/h1,4,9-11,13,16-17,28H,2-3,5-8H2,(H,31,32). The van der Waals surface area contributed by atoms with Gasteiger partial charge >= 0.3 is 5.97 Å². The van der Waals surface area contributed by atoms with Crippen molar-refractivity contribution in [2.24, 2.45) is 0 Å². The van der Waals surface area contributed by atoms with Gasteiger partial charge in [-0.15, -0.1) is 0 Å². The second kappa shape index (κ2) is 9.22. The number of nitrogens with zero attached hydrogens (tertiary/aromatic N) is 2. The highest BCUT2D eigenvalue weighted by molar-refractivity contribution is 7.97. The van der Waals surface area contributed by atoms with Gasteiger partial charge in [0.2, 0.25) is 5.43 Å². The van der Waals surface area contributed by atoms with Gasteiger partial charge in [0.05, 0.1) is 11.1 Å². The number of aromatic nitrogens is 1. The van der Waals surface area contributed by atoms with Crippen LogP contribution in [0.2, 0.25) is 0 Å². The average molecular weight is 480 g/mol. The first kappa shape index (κ1) is 22.6. The van der Waals surface area contributed by atoms with Crippen LogP contribution in [-0.2, 0) is 4.74 Å². The van der Waals surface area contributed by atoms with Crippen molar-refractivity contribution >= 4 is 28.8 Å². The van der Waals surface area contributed by atoms with Crippen LogP contribution in [0.15, 0.2) is 46.2 Å². The zero-order valence-electron chi connectivity index (χ0n) is 18.2. The van der Waals surface area contributed by atoms with E-state index in [-0.39, 0.29) is 22.6 Å². The Kier molecular flexibility index (Phi) is 6.13. The Hall–Kier alpha value is -3.19. The van der Waals surface area contributed by atoms with Crippen LogP contribution in [0, 0.1) is 17.1 Å². The molecule has 5 rings (SSSR count). The third-order valence-corrected chi connectivity index (χ3v) is 7.29. The van der Waals surface area contributed by atoms with E-state index in [9.17, 15) is 20.0 Å². The van der Waals surface area contributed by atoms with E-state index >= 15 is 4.39 Å². The van der Waals surface area contributed by atoms with Gasteiger partial charge in [0.15, 0.2) is 0 Å². The third-order valence-electron chi connectivity index (χ3n) is 6.26. The molecule has 1 aromatic heterocycles. The third kappa shape index (κ3) is 4.32. The molecule has 1 aliphatic heterocycles. The molecule has 7 nitrogen and oxygen atoms in total. The predicted molar refractivity (Wildman–Crippen MR) is 126 cm³/mol. The number of fused-ring (bicyclic) bond motifs is 1. The molecule has 1 aliphatic carbocycles. The molecule has 174 valence electrons. The summed E-state index contributed by atoms with van der Waals surface area (Å²) in [6.07, 6.45) is 4.90. The van der Waals surface area contributed by atoms with Crippen molar-refractivity contribution in [1.82, 2.24) is 9.29 Å². The molecule has 3 aromatic rings. The summed E-state index contributed by atoms with van der Waals surface area (Å²) in [5.74, 6) is -1.97. The van der Waals surface area contributed by atoms with Gasteiger partial charge < -0.3 is 14.4 Å². The smallest absolute Gasteiger partial charge is 0.341 e. The number of nitrogens with one attached hydrogen (secondary N) is 1. The minimum atomic E-state index is -1.33. The molecule has 2 aliphatic rings. The first-order chi connectivity index (χ1) is 16.5. The Bertz CT molecular complexity index is 1390. The number of hydrogen-bond donors (Lipinski definition) is 2. The Labute approximate surface area is 199 Å². The van der Waals surface area contributed by atoms with Crippen LogP contribution in [0.1, 0.15) is 47.6 Å². The van der Waals surface area contributed by atoms with Crippen molar-refractivity contribution in [3.63, 3.8) is 0 Å². The molecule has 1 saturated carbocycles. The van der Waals surface area contributed by atoms with Crippen molar-refractivity contribution in [1.29, 1.82) is 5.26 Å². The topological polar surface area (TPSA) is 104 Å². The first-order valence-corrected chi connectivity index (χ1v) is 11.9. The second-order valence-electron chi connectivity index (χ2n) is 8.59. The maximum atomic E-state index is 15.2. The second-order valence-corrected chi connectivity index (χ2v) is 9.47. The minimum Gasteiger partial charge on any atom is -0.477 e. The van der Waals surface area contributed by atoms with E-state index in [0.717, 1.165) is 36.6 Å². The van der Waals surface area contributed by atoms with Crippen LogP contribution in [0.25, 0.3) is 22.0 Å². The summed E-state index contributed by atoms with van der Waals surface area (Å²) in [6, 6.07) is 10.5. The number of benzene rings is 2. The highest BCUT2D eigenvalue weighted by atomic mass is 32.2. The van der Waals surface area contributed by atoms with Gasteiger partial charge in [-0.1, -0.05) is 6.07 Å². The molecule has 2 N–H and O–H groups in total. The average Bonchev–Trinajstić information content (AvgIpc) is 3.69. The van der Waals surface area contributed by atoms with E-state index < -0.39 is 17.2 Å². The van der Waals surface area contributed by atoms with Gasteiger partial charge in [-0.2, -0.15) is 5.26 Å². The number of aromatic carboxylic acids is 1. The molecule has 2 heterocycles. The molecule has 0 spiro atoms. The molecule has 9 heteroatoms. The van der Waals surface area contributed by atoms with E-state index in [2.05, 4.69) is 10.8 Å². The van der Waals surface area contributed by atoms with Crippen molar-refractivity contribution < 1.29 is 19.0 Å². The van der Waals surface area contributed by atoms with Gasteiger partial charge in [0, 0.05) is 47.3 Å². The van der Waals surface area contributed by atoms with E-state index in [1.807, 2.05) is 0 Å². The number of carboxylic acids is 1. The fraction of sp³-hybridized carbons (Fsp3) is 0.320. The molecule has 2 fully saturated rings. The number of halogens is 1. The largest absolute Gasteiger partial charge is 0.477 e.